The van der Waals surface area contributed by atoms with Crippen LogP contribution >= 0.6 is 27.3 Å². The summed E-state index contributed by atoms with van der Waals surface area (Å²) >= 11 is 5.07. The maximum atomic E-state index is 10.5. The first-order chi connectivity index (χ1) is 6.29. The van der Waals surface area contributed by atoms with Gasteiger partial charge in [0.15, 0.2) is 0 Å². The summed E-state index contributed by atoms with van der Waals surface area (Å²) in [6, 6.07) is 2.06. The lowest BCUT2D eigenvalue weighted by atomic mass is 10.2. The molecule has 0 aromatic carbocycles. The highest BCUT2D eigenvalue weighted by molar-refractivity contribution is 9.10. The van der Waals surface area contributed by atoms with Crippen molar-refractivity contribution in [1.82, 2.24) is 0 Å². The molecule has 1 aromatic rings. The van der Waals surface area contributed by atoms with Gasteiger partial charge >= 0.3 is 0 Å². The van der Waals surface area contributed by atoms with Gasteiger partial charge in [-0.3, -0.25) is 0 Å². The largest absolute Gasteiger partial charge is 0.362 e. The van der Waals surface area contributed by atoms with Crippen molar-refractivity contribution in [2.75, 3.05) is 0 Å². The molecule has 13 heavy (non-hydrogen) atoms. The smallest absolute Gasteiger partial charge is 0.148 e. The Morgan fingerprint density at radius 1 is 1.62 bits per heavy atom. The van der Waals surface area contributed by atoms with E-state index in [0.29, 0.717) is 0 Å². The van der Waals surface area contributed by atoms with E-state index in [1.54, 1.807) is 11.3 Å². The number of thiophene rings is 1. The minimum absolute atomic E-state index is 0.131. The van der Waals surface area contributed by atoms with E-state index in [-0.39, 0.29) is 12.2 Å². The van der Waals surface area contributed by atoms with Crippen LogP contribution in [0.3, 0.4) is 0 Å². The number of hydrogen-bond acceptors (Lipinski definition) is 3. The Morgan fingerprint density at radius 3 is 3.00 bits per heavy atom. The summed E-state index contributed by atoms with van der Waals surface area (Å²) in [5.41, 5.74) is 0. The van der Waals surface area contributed by atoms with Gasteiger partial charge in [-0.05, 0) is 34.8 Å². The van der Waals surface area contributed by atoms with Gasteiger partial charge in [-0.25, -0.2) is 0 Å². The number of hydrogen-bond donors (Lipinski definition) is 0. The predicted octanol–water partition coefficient (Wildman–Crippen LogP) is 2.93. The normalized spacial score (nSPS) is 27.8. The minimum Gasteiger partial charge on any atom is -0.362 e. The summed E-state index contributed by atoms with van der Waals surface area (Å²) in [7, 11) is 0. The summed E-state index contributed by atoms with van der Waals surface area (Å²) in [5, 5.41) is 2.03. The molecule has 0 amide bonds. The van der Waals surface area contributed by atoms with E-state index < -0.39 is 0 Å². The molecule has 1 saturated heterocycles. The zero-order chi connectivity index (χ0) is 9.26. The zero-order valence-corrected chi connectivity index (χ0v) is 9.31. The SMILES string of the molecule is O=CC1CCC(c2cc(Br)cs2)O1. The third-order valence-corrected chi connectivity index (χ3v) is 3.89. The molecule has 2 rings (SSSR count). The Bertz CT molecular complexity index is 310. The molecule has 2 nitrogen and oxygen atoms in total. The molecule has 1 aliphatic rings. The van der Waals surface area contributed by atoms with Gasteiger partial charge in [0.2, 0.25) is 0 Å². The lowest BCUT2D eigenvalue weighted by Gasteiger charge is -2.06. The maximum Gasteiger partial charge on any atom is 0.148 e. The van der Waals surface area contributed by atoms with Gasteiger partial charge in [-0.15, -0.1) is 11.3 Å². The molecule has 4 heteroatoms. The molecule has 0 radical (unpaired) electrons. The molecule has 70 valence electrons. The molecule has 0 spiro atoms. The molecule has 2 heterocycles. The minimum atomic E-state index is -0.189. The van der Waals surface area contributed by atoms with Crippen LogP contribution in [0.4, 0.5) is 0 Å². The van der Waals surface area contributed by atoms with Crippen molar-refractivity contribution in [2.24, 2.45) is 0 Å². The Balaban J connectivity index is 2.07. The van der Waals surface area contributed by atoms with Crippen molar-refractivity contribution in [3.63, 3.8) is 0 Å². The predicted molar refractivity (Wildman–Crippen MR) is 54.9 cm³/mol. The van der Waals surface area contributed by atoms with Gasteiger partial charge in [0, 0.05) is 14.7 Å². The van der Waals surface area contributed by atoms with Crippen molar-refractivity contribution in [1.29, 1.82) is 0 Å². The Labute approximate surface area is 89.0 Å². The molecule has 0 bridgehead atoms. The average Bonchev–Trinajstić information content (AvgIpc) is 2.71. The molecule has 2 unspecified atom stereocenters. The number of ether oxygens (including phenoxy) is 1. The van der Waals surface area contributed by atoms with Gasteiger partial charge in [0.25, 0.3) is 0 Å². The molecule has 0 N–H and O–H groups in total. The van der Waals surface area contributed by atoms with Gasteiger partial charge in [0.05, 0.1) is 6.10 Å². The van der Waals surface area contributed by atoms with Crippen molar-refractivity contribution in [3.8, 4) is 0 Å². The molecule has 0 saturated carbocycles. The summed E-state index contributed by atoms with van der Waals surface area (Å²) in [5.74, 6) is 0. The summed E-state index contributed by atoms with van der Waals surface area (Å²) in [6.07, 6.45) is 2.64. The second-order valence-corrected chi connectivity index (χ2v) is 4.90. The lowest BCUT2D eigenvalue weighted by molar-refractivity contribution is -0.117. The number of aldehydes is 1. The first-order valence-corrected chi connectivity index (χ1v) is 5.81. The topological polar surface area (TPSA) is 26.3 Å². The Morgan fingerprint density at radius 2 is 2.46 bits per heavy atom. The monoisotopic (exact) mass is 260 g/mol. The highest BCUT2D eigenvalue weighted by Crippen LogP contribution is 2.36. The van der Waals surface area contributed by atoms with Crippen LogP contribution in [-0.4, -0.2) is 12.4 Å². The van der Waals surface area contributed by atoms with Crippen LogP contribution in [0.25, 0.3) is 0 Å². The molecule has 2 atom stereocenters. The zero-order valence-electron chi connectivity index (χ0n) is 6.90. The number of rotatable bonds is 2. The van der Waals surface area contributed by atoms with E-state index in [0.717, 1.165) is 23.6 Å². The highest BCUT2D eigenvalue weighted by Gasteiger charge is 2.26. The van der Waals surface area contributed by atoms with Gasteiger partial charge in [0.1, 0.15) is 12.4 Å². The quantitative estimate of drug-likeness (QED) is 0.765. The lowest BCUT2D eigenvalue weighted by Crippen LogP contribution is -2.06. The number of carbonyl (C=O) groups is 1. The van der Waals surface area contributed by atoms with E-state index in [4.69, 9.17) is 4.74 Å². The number of halogens is 1. The third-order valence-electron chi connectivity index (χ3n) is 2.11. The Kier molecular flexibility index (Phi) is 2.81. The number of carbonyl (C=O) groups excluding carboxylic acids is 1. The fraction of sp³-hybridized carbons (Fsp3) is 0.444. The van der Waals surface area contributed by atoms with Crippen LogP contribution in [-0.2, 0) is 9.53 Å². The van der Waals surface area contributed by atoms with Crippen LogP contribution in [0.15, 0.2) is 15.9 Å². The fourth-order valence-corrected chi connectivity index (χ4v) is 2.98. The van der Waals surface area contributed by atoms with E-state index in [2.05, 4.69) is 22.0 Å². The van der Waals surface area contributed by atoms with E-state index in [1.807, 2.05) is 5.38 Å². The molecule has 0 aliphatic carbocycles. The van der Waals surface area contributed by atoms with Crippen LogP contribution in [0.1, 0.15) is 23.8 Å². The summed E-state index contributed by atoms with van der Waals surface area (Å²) in [4.78, 5) is 11.7. The summed E-state index contributed by atoms with van der Waals surface area (Å²) in [6.45, 7) is 0. The van der Waals surface area contributed by atoms with Crippen LogP contribution < -0.4 is 0 Å². The average molecular weight is 261 g/mol. The molecule has 1 fully saturated rings. The van der Waals surface area contributed by atoms with Gasteiger partial charge in [-0.2, -0.15) is 0 Å². The molecular formula is C9H9BrO2S. The molecule has 1 aromatic heterocycles. The van der Waals surface area contributed by atoms with Gasteiger partial charge < -0.3 is 9.53 Å². The summed E-state index contributed by atoms with van der Waals surface area (Å²) < 4.78 is 6.62. The highest BCUT2D eigenvalue weighted by atomic mass is 79.9. The van der Waals surface area contributed by atoms with Crippen molar-refractivity contribution in [3.05, 3.63) is 20.8 Å². The van der Waals surface area contributed by atoms with Gasteiger partial charge in [-0.1, -0.05) is 0 Å². The van der Waals surface area contributed by atoms with Crippen molar-refractivity contribution >= 4 is 33.6 Å². The van der Waals surface area contributed by atoms with Crippen LogP contribution in [0.2, 0.25) is 0 Å². The van der Waals surface area contributed by atoms with Crippen molar-refractivity contribution < 1.29 is 9.53 Å². The fourth-order valence-electron chi connectivity index (χ4n) is 1.47. The van der Waals surface area contributed by atoms with Crippen LogP contribution in [0, 0.1) is 0 Å². The van der Waals surface area contributed by atoms with E-state index in [1.165, 1.54) is 4.88 Å². The third kappa shape index (κ3) is 2.00. The van der Waals surface area contributed by atoms with E-state index >= 15 is 0 Å². The standard InChI is InChI=1S/C9H9BrO2S/c10-6-3-9(13-5-6)8-2-1-7(4-11)12-8/h3-5,7-8H,1-2H2. The Hall–Kier alpha value is -0.190. The second-order valence-electron chi connectivity index (χ2n) is 3.04. The van der Waals surface area contributed by atoms with Crippen molar-refractivity contribution in [2.45, 2.75) is 25.0 Å². The molecular weight excluding hydrogens is 252 g/mol. The molecule has 1 aliphatic heterocycles. The maximum absolute atomic E-state index is 10.5. The second kappa shape index (κ2) is 3.90. The first-order valence-electron chi connectivity index (χ1n) is 4.14. The van der Waals surface area contributed by atoms with E-state index in [9.17, 15) is 4.79 Å². The first kappa shape index (κ1) is 9.37. The van der Waals surface area contributed by atoms with Crippen LogP contribution in [0.5, 0.6) is 0 Å².